The van der Waals surface area contributed by atoms with Crippen molar-refractivity contribution in [1.29, 1.82) is 0 Å². The minimum atomic E-state index is -0.509. The fourth-order valence-corrected chi connectivity index (χ4v) is 2.82. The van der Waals surface area contributed by atoms with Crippen molar-refractivity contribution in [2.75, 3.05) is 16.8 Å². The van der Waals surface area contributed by atoms with Gasteiger partial charge in [-0.3, -0.25) is 9.78 Å². The Labute approximate surface area is 157 Å². The highest BCUT2D eigenvalue weighted by Crippen LogP contribution is 2.23. The Morgan fingerprint density at radius 3 is 2.70 bits per heavy atom. The number of nitrogens with one attached hydrogen (secondary N) is 3. The first-order valence-electron chi connectivity index (χ1n) is 8.76. The molecule has 2 aromatic rings. The van der Waals surface area contributed by atoms with Crippen molar-refractivity contribution in [1.82, 2.24) is 15.6 Å². The number of benzene rings is 1. The van der Waals surface area contributed by atoms with Crippen molar-refractivity contribution in [3.63, 3.8) is 0 Å². The Hall–Kier alpha value is -3.42. The predicted octanol–water partition coefficient (Wildman–Crippen LogP) is 2.28. The lowest BCUT2D eigenvalue weighted by Crippen LogP contribution is -2.32. The summed E-state index contributed by atoms with van der Waals surface area (Å²) in [6.45, 7) is 2.31. The first kappa shape index (κ1) is 18.4. The van der Waals surface area contributed by atoms with E-state index in [4.69, 9.17) is 0 Å². The van der Waals surface area contributed by atoms with Crippen LogP contribution in [0, 0.1) is 0 Å². The smallest absolute Gasteiger partial charge is 0.329 e. The molecule has 1 aromatic carbocycles. The van der Waals surface area contributed by atoms with E-state index in [1.54, 1.807) is 36.7 Å². The van der Waals surface area contributed by atoms with Crippen LogP contribution in [0.25, 0.3) is 0 Å². The monoisotopic (exact) mass is 367 g/mol. The van der Waals surface area contributed by atoms with Gasteiger partial charge >= 0.3 is 12.1 Å². The molecule has 8 heteroatoms. The van der Waals surface area contributed by atoms with Crippen molar-refractivity contribution in [2.24, 2.45) is 0 Å². The molecule has 1 fully saturated rings. The molecule has 1 aliphatic rings. The highest BCUT2D eigenvalue weighted by Gasteiger charge is 2.37. The summed E-state index contributed by atoms with van der Waals surface area (Å²) >= 11 is 0. The van der Waals surface area contributed by atoms with Gasteiger partial charge in [-0.15, -0.1) is 0 Å². The van der Waals surface area contributed by atoms with Gasteiger partial charge < -0.3 is 16.0 Å². The first-order valence-corrected chi connectivity index (χ1v) is 8.76. The van der Waals surface area contributed by atoms with Gasteiger partial charge in [0, 0.05) is 24.6 Å². The van der Waals surface area contributed by atoms with Gasteiger partial charge in [0.1, 0.15) is 6.04 Å². The number of amides is 5. The summed E-state index contributed by atoms with van der Waals surface area (Å²) in [6.07, 6.45) is 4.63. The van der Waals surface area contributed by atoms with Crippen LogP contribution in [0.4, 0.5) is 21.0 Å². The number of anilines is 2. The summed E-state index contributed by atoms with van der Waals surface area (Å²) in [5.41, 5.74) is 1.99. The van der Waals surface area contributed by atoms with Crippen LogP contribution in [0.15, 0.2) is 48.8 Å². The summed E-state index contributed by atoms with van der Waals surface area (Å²) in [5.74, 6) is -0.290. The zero-order chi connectivity index (χ0) is 19.2. The quantitative estimate of drug-likeness (QED) is 0.682. The number of pyridine rings is 1. The number of carbonyl (C=O) groups is 3. The molecular formula is C19H21N5O3. The lowest BCUT2D eigenvalue weighted by Gasteiger charge is -2.14. The zero-order valence-electron chi connectivity index (χ0n) is 14.9. The van der Waals surface area contributed by atoms with Crippen LogP contribution in [-0.2, 0) is 11.2 Å². The summed E-state index contributed by atoms with van der Waals surface area (Å²) in [6, 6.07) is 9.10. The van der Waals surface area contributed by atoms with Gasteiger partial charge in [-0.25, -0.2) is 14.5 Å². The average molecular weight is 367 g/mol. The number of rotatable bonds is 6. The van der Waals surface area contributed by atoms with Crippen LogP contribution >= 0.6 is 0 Å². The molecule has 2 heterocycles. The Kier molecular flexibility index (Phi) is 5.65. The number of carbonyl (C=O) groups excluding carboxylic acids is 3. The standard InChI is InChI=1S/C19H21N5O3/c1-2-16-17(25)24(19(27)23-16)15-5-3-4-14(12-15)22-18(26)21-11-8-13-6-9-20-10-7-13/h3-7,9-10,12,16H,2,8,11H2,1H3,(H,23,27)(H2,21,22,26)/t16-/m1/s1. The van der Waals surface area contributed by atoms with Crippen LogP contribution in [0.5, 0.6) is 0 Å². The molecule has 140 valence electrons. The van der Waals surface area contributed by atoms with E-state index in [1.807, 2.05) is 19.1 Å². The Morgan fingerprint density at radius 1 is 1.22 bits per heavy atom. The minimum absolute atomic E-state index is 0.290. The molecule has 0 saturated carbocycles. The molecule has 0 radical (unpaired) electrons. The van der Waals surface area contributed by atoms with E-state index < -0.39 is 12.1 Å². The number of imide groups is 1. The second kappa shape index (κ2) is 8.31. The molecule has 0 aliphatic carbocycles. The van der Waals surface area contributed by atoms with Crippen LogP contribution in [0.2, 0.25) is 0 Å². The number of aromatic nitrogens is 1. The second-order valence-electron chi connectivity index (χ2n) is 6.12. The first-order chi connectivity index (χ1) is 13.1. The predicted molar refractivity (Wildman–Crippen MR) is 102 cm³/mol. The lowest BCUT2D eigenvalue weighted by atomic mass is 10.2. The molecule has 0 bridgehead atoms. The average Bonchev–Trinajstić information content (AvgIpc) is 2.96. The Balaban J connectivity index is 1.58. The zero-order valence-corrected chi connectivity index (χ0v) is 14.9. The normalized spacial score (nSPS) is 16.2. The molecule has 8 nitrogen and oxygen atoms in total. The molecule has 1 saturated heterocycles. The maximum Gasteiger partial charge on any atom is 0.329 e. The molecular weight excluding hydrogens is 346 g/mol. The van der Waals surface area contributed by atoms with Gasteiger partial charge in [0.25, 0.3) is 5.91 Å². The molecule has 1 aromatic heterocycles. The maximum atomic E-state index is 12.3. The lowest BCUT2D eigenvalue weighted by molar-refractivity contribution is -0.118. The molecule has 1 aliphatic heterocycles. The molecule has 3 rings (SSSR count). The maximum absolute atomic E-state index is 12.3. The van der Waals surface area contributed by atoms with Gasteiger partial charge in [-0.05, 0) is 48.7 Å². The van der Waals surface area contributed by atoms with Crippen LogP contribution < -0.4 is 20.9 Å². The summed E-state index contributed by atoms with van der Waals surface area (Å²) < 4.78 is 0. The molecule has 1 atom stereocenters. The van der Waals surface area contributed by atoms with Crippen LogP contribution in [0.3, 0.4) is 0 Å². The van der Waals surface area contributed by atoms with E-state index in [-0.39, 0.29) is 11.9 Å². The SMILES string of the molecule is CC[C@H]1NC(=O)N(c2cccc(NC(=O)NCCc3ccncc3)c2)C1=O. The fraction of sp³-hybridized carbons (Fsp3) is 0.263. The summed E-state index contributed by atoms with van der Waals surface area (Å²) in [7, 11) is 0. The largest absolute Gasteiger partial charge is 0.338 e. The molecule has 0 unspecified atom stereocenters. The Bertz CT molecular complexity index is 840. The van der Waals surface area contributed by atoms with Gasteiger partial charge in [0.15, 0.2) is 0 Å². The molecule has 5 amide bonds. The van der Waals surface area contributed by atoms with Crippen molar-refractivity contribution in [2.45, 2.75) is 25.8 Å². The second-order valence-corrected chi connectivity index (χ2v) is 6.12. The third kappa shape index (κ3) is 4.41. The molecule has 0 spiro atoms. The van der Waals surface area contributed by atoms with E-state index in [2.05, 4.69) is 20.9 Å². The number of hydrogen-bond donors (Lipinski definition) is 3. The van der Waals surface area contributed by atoms with Crippen molar-refractivity contribution in [3.8, 4) is 0 Å². The minimum Gasteiger partial charge on any atom is -0.338 e. The topological polar surface area (TPSA) is 103 Å². The van der Waals surface area contributed by atoms with Crippen molar-refractivity contribution in [3.05, 3.63) is 54.4 Å². The summed E-state index contributed by atoms with van der Waals surface area (Å²) in [5, 5.41) is 8.13. The third-order valence-corrected chi connectivity index (χ3v) is 4.24. The molecule has 3 N–H and O–H groups in total. The third-order valence-electron chi connectivity index (χ3n) is 4.24. The highest BCUT2D eigenvalue weighted by molar-refractivity contribution is 6.21. The number of hydrogen-bond acceptors (Lipinski definition) is 4. The summed E-state index contributed by atoms with van der Waals surface area (Å²) in [4.78, 5) is 41.5. The van der Waals surface area contributed by atoms with E-state index in [0.717, 1.165) is 10.5 Å². The van der Waals surface area contributed by atoms with Crippen molar-refractivity contribution < 1.29 is 14.4 Å². The van der Waals surface area contributed by atoms with E-state index in [0.29, 0.717) is 30.8 Å². The number of nitrogens with zero attached hydrogens (tertiary/aromatic N) is 2. The Morgan fingerprint density at radius 2 is 2.00 bits per heavy atom. The van der Waals surface area contributed by atoms with Crippen LogP contribution in [0.1, 0.15) is 18.9 Å². The number of urea groups is 2. The van der Waals surface area contributed by atoms with Crippen LogP contribution in [-0.4, -0.2) is 35.5 Å². The van der Waals surface area contributed by atoms with E-state index in [1.165, 1.54) is 0 Å². The van der Waals surface area contributed by atoms with Gasteiger partial charge in [0.2, 0.25) is 0 Å². The highest BCUT2D eigenvalue weighted by atomic mass is 16.2. The fourth-order valence-electron chi connectivity index (χ4n) is 2.82. The van der Waals surface area contributed by atoms with E-state index >= 15 is 0 Å². The van der Waals surface area contributed by atoms with Gasteiger partial charge in [0.05, 0.1) is 5.69 Å². The van der Waals surface area contributed by atoms with Gasteiger partial charge in [-0.2, -0.15) is 0 Å². The van der Waals surface area contributed by atoms with Gasteiger partial charge in [-0.1, -0.05) is 13.0 Å². The van der Waals surface area contributed by atoms with E-state index in [9.17, 15) is 14.4 Å². The molecule has 27 heavy (non-hydrogen) atoms. The van der Waals surface area contributed by atoms with Crippen molar-refractivity contribution >= 4 is 29.3 Å².